The molecule has 30 heavy (non-hydrogen) atoms. The second kappa shape index (κ2) is 9.76. The number of nitrogens with zero attached hydrogens (tertiary/aromatic N) is 2. The van der Waals surface area contributed by atoms with E-state index in [0.717, 1.165) is 37.4 Å². The highest BCUT2D eigenvalue weighted by Crippen LogP contribution is 2.41. The van der Waals surface area contributed by atoms with Crippen LogP contribution in [-0.4, -0.2) is 52.6 Å². The number of hydrogen-bond acceptors (Lipinski definition) is 6. The SMILES string of the molecule is CCN1c2ccc(OC)cc2N(CCCc2ccc(OCP(C)(C)=O)cc2)C1CN. The molecule has 6 nitrogen and oxygen atoms in total. The second-order valence-corrected chi connectivity index (χ2v) is 11.6. The summed E-state index contributed by atoms with van der Waals surface area (Å²) in [5.41, 5.74) is 9.83. The van der Waals surface area contributed by atoms with Crippen LogP contribution in [0.5, 0.6) is 11.5 Å². The zero-order chi connectivity index (χ0) is 21.7. The summed E-state index contributed by atoms with van der Waals surface area (Å²) < 4.78 is 22.9. The van der Waals surface area contributed by atoms with E-state index in [1.165, 1.54) is 16.9 Å². The molecular weight excluding hydrogens is 397 g/mol. The van der Waals surface area contributed by atoms with Crippen molar-refractivity contribution in [3.8, 4) is 11.5 Å². The first-order valence-electron chi connectivity index (χ1n) is 10.5. The third-order valence-corrected chi connectivity index (χ3v) is 6.15. The van der Waals surface area contributed by atoms with E-state index in [0.29, 0.717) is 6.54 Å². The van der Waals surface area contributed by atoms with E-state index < -0.39 is 7.14 Å². The fraction of sp³-hybridized carbons (Fsp3) is 0.478. The number of rotatable bonds is 10. The third-order valence-electron chi connectivity index (χ3n) is 5.40. The first kappa shape index (κ1) is 22.5. The molecule has 1 heterocycles. The number of methoxy groups -OCH3 is 1. The highest BCUT2D eigenvalue weighted by molar-refractivity contribution is 7.62. The highest BCUT2D eigenvalue weighted by Gasteiger charge is 2.33. The Hall–Kier alpha value is -2.17. The van der Waals surface area contributed by atoms with Crippen LogP contribution in [0.2, 0.25) is 0 Å². The van der Waals surface area contributed by atoms with E-state index in [4.69, 9.17) is 15.2 Å². The molecule has 1 aliphatic heterocycles. The van der Waals surface area contributed by atoms with Gasteiger partial charge in [-0.1, -0.05) is 12.1 Å². The average molecular weight is 432 g/mol. The van der Waals surface area contributed by atoms with Crippen LogP contribution >= 0.6 is 7.14 Å². The minimum absolute atomic E-state index is 0.173. The molecule has 0 spiro atoms. The number of nitrogens with two attached hydrogens (primary N) is 1. The summed E-state index contributed by atoms with van der Waals surface area (Å²) >= 11 is 0. The maximum absolute atomic E-state index is 11.8. The Morgan fingerprint density at radius 3 is 2.33 bits per heavy atom. The van der Waals surface area contributed by atoms with Gasteiger partial charge in [-0.2, -0.15) is 0 Å². The summed E-state index contributed by atoms with van der Waals surface area (Å²) in [5.74, 6) is 1.64. The lowest BCUT2D eigenvalue weighted by molar-refractivity contribution is 0.378. The number of benzene rings is 2. The van der Waals surface area contributed by atoms with Gasteiger partial charge in [0.25, 0.3) is 0 Å². The standard InChI is InChI=1S/C23H34N3O3P/c1-5-25-21-13-12-20(28-2)15-22(21)26(23(25)16-24)14-6-7-18-8-10-19(11-9-18)29-17-30(3,4)27/h8-13,15,23H,5-7,14,16-17,24H2,1-4H3. The van der Waals surface area contributed by atoms with Gasteiger partial charge in [-0.15, -0.1) is 0 Å². The molecule has 0 bridgehead atoms. The van der Waals surface area contributed by atoms with E-state index in [1.54, 1.807) is 20.4 Å². The first-order valence-corrected chi connectivity index (χ1v) is 13.3. The maximum Gasteiger partial charge on any atom is 0.140 e. The van der Waals surface area contributed by atoms with E-state index in [2.05, 4.69) is 41.0 Å². The van der Waals surface area contributed by atoms with Crippen LogP contribution in [0.25, 0.3) is 0 Å². The minimum atomic E-state index is -2.17. The van der Waals surface area contributed by atoms with Crippen LogP contribution < -0.4 is 25.0 Å². The molecule has 2 N–H and O–H groups in total. The van der Waals surface area contributed by atoms with E-state index in [-0.39, 0.29) is 12.5 Å². The van der Waals surface area contributed by atoms with Crippen LogP contribution in [-0.2, 0) is 11.0 Å². The van der Waals surface area contributed by atoms with Crippen LogP contribution in [0.4, 0.5) is 11.4 Å². The molecule has 0 saturated carbocycles. The zero-order valence-corrected chi connectivity index (χ0v) is 19.4. The van der Waals surface area contributed by atoms with Crippen molar-refractivity contribution < 1.29 is 14.0 Å². The van der Waals surface area contributed by atoms with Gasteiger partial charge in [0.2, 0.25) is 0 Å². The van der Waals surface area contributed by atoms with Gasteiger partial charge >= 0.3 is 0 Å². The monoisotopic (exact) mass is 431 g/mol. The summed E-state index contributed by atoms with van der Waals surface area (Å²) in [6.45, 7) is 8.06. The van der Waals surface area contributed by atoms with E-state index in [1.807, 2.05) is 18.2 Å². The molecule has 1 atom stereocenters. The molecule has 0 amide bonds. The average Bonchev–Trinajstić information content (AvgIpc) is 3.04. The van der Waals surface area contributed by atoms with Crippen molar-refractivity contribution in [3.63, 3.8) is 0 Å². The van der Waals surface area contributed by atoms with Crippen LogP contribution in [0, 0.1) is 0 Å². The highest BCUT2D eigenvalue weighted by atomic mass is 31.2. The van der Waals surface area contributed by atoms with Gasteiger partial charge in [0.15, 0.2) is 0 Å². The Kier molecular flexibility index (Phi) is 7.32. The molecule has 0 fully saturated rings. The molecule has 3 rings (SSSR count). The van der Waals surface area contributed by atoms with E-state index in [9.17, 15) is 4.57 Å². The van der Waals surface area contributed by atoms with Gasteiger partial charge < -0.3 is 29.6 Å². The van der Waals surface area contributed by atoms with Crippen molar-refractivity contribution in [1.29, 1.82) is 0 Å². The smallest absolute Gasteiger partial charge is 0.140 e. The molecule has 7 heteroatoms. The Morgan fingerprint density at radius 2 is 1.73 bits per heavy atom. The van der Waals surface area contributed by atoms with Gasteiger partial charge in [0.05, 0.1) is 18.5 Å². The quantitative estimate of drug-likeness (QED) is 0.568. The zero-order valence-electron chi connectivity index (χ0n) is 18.5. The van der Waals surface area contributed by atoms with Crippen molar-refractivity contribution in [2.24, 2.45) is 5.73 Å². The van der Waals surface area contributed by atoms with Crippen molar-refractivity contribution in [3.05, 3.63) is 48.0 Å². The topological polar surface area (TPSA) is 68.0 Å². The van der Waals surface area contributed by atoms with Gasteiger partial charge in [-0.05, 0) is 62.9 Å². The summed E-state index contributed by atoms with van der Waals surface area (Å²) in [6, 6.07) is 14.4. The number of anilines is 2. The molecule has 0 aromatic heterocycles. The lowest BCUT2D eigenvalue weighted by Crippen LogP contribution is -2.48. The Labute approximate surface area is 180 Å². The summed E-state index contributed by atoms with van der Waals surface area (Å²) in [6.07, 6.45) is 2.44. The van der Waals surface area contributed by atoms with Gasteiger partial charge in [0.1, 0.15) is 31.2 Å². The first-order chi connectivity index (χ1) is 14.4. The molecule has 2 aromatic carbocycles. The Morgan fingerprint density at radius 1 is 1.03 bits per heavy atom. The summed E-state index contributed by atoms with van der Waals surface area (Å²) in [4.78, 5) is 4.76. The molecule has 0 aliphatic carbocycles. The van der Waals surface area contributed by atoms with Gasteiger partial charge in [-0.3, -0.25) is 0 Å². The van der Waals surface area contributed by atoms with Crippen molar-refractivity contribution in [2.75, 3.05) is 56.2 Å². The predicted molar refractivity (Wildman–Crippen MR) is 126 cm³/mol. The number of hydrogen-bond donors (Lipinski definition) is 1. The predicted octanol–water partition coefficient (Wildman–Crippen LogP) is 4.22. The summed E-state index contributed by atoms with van der Waals surface area (Å²) in [7, 11) is -0.473. The van der Waals surface area contributed by atoms with E-state index >= 15 is 0 Å². The molecule has 1 unspecified atom stereocenters. The normalized spacial score (nSPS) is 16.0. The van der Waals surface area contributed by atoms with Gasteiger partial charge in [-0.25, -0.2) is 0 Å². The fourth-order valence-corrected chi connectivity index (χ4v) is 4.39. The molecule has 1 aliphatic rings. The van der Waals surface area contributed by atoms with Crippen molar-refractivity contribution >= 4 is 18.5 Å². The Bertz CT molecular complexity index is 882. The molecule has 0 saturated heterocycles. The minimum Gasteiger partial charge on any atom is -0.497 e. The number of fused-ring (bicyclic) bond motifs is 1. The van der Waals surface area contributed by atoms with Gasteiger partial charge in [0, 0.05) is 25.7 Å². The van der Waals surface area contributed by atoms with Crippen molar-refractivity contribution in [1.82, 2.24) is 0 Å². The maximum atomic E-state index is 11.8. The Balaban J connectivity index is 1.63. The second-order valence-electron chi connectivity index (χ2n) is 8.15. The summed E-state index contributed by atoms with van der Waals surface area (Å²) in [5, 5.41) is 0. The molecular formula is C23H34N3O3P. The number of ether oxygens (including phenoxy) is 2. The van der Waals surface area contributed by atoms with Crippen LogP contribution in [0.3, 0.4) is 0 Å². The van der Waals surface area contributed by atoms with Crippen LogP contribution in [0.15, 0.2) is 42.5 Å². The number of likely N-dealkylation sites (N-methyl/N-ethyl adjacent to an activating group) is 1. The van der Waals surface area contributed by atoms with Crippen molar-refractivity contribution in [2.45, 2.75) is 25.9 Å². The van der Waals surface area contributed by atoms with Crippen LogP contribution in [0.1, 0.15) is 18.9 Å². The lowest BCUT2D eigenvalue weighted by Gasteiger charge is -2.31. The molecule has 0 radical (unpaired) electrons. The third kappa shape index (κ3) is 5.30. The number of aryl methyl sites for hydroxylation is 1. The molecule has 164 valence electrons. The molecule has 2 aromatic rings. The fourth-order valence-electron chi connectivity index (χ4n) is 3.93. The largest absolute Gasteiger partial charge is 0.497 e. The lowest BCUT2D eigenvalue weighted by atomic mass is 10.1.